The molecule has 0 saturated carbocycles. The minimum absolute atomic E-state index is 0.104. The third-order valence-electron chi connectivity index (χ3n) is 4.94. The summed E-state index contributed by atoms with van der Waals surface area (Å²) in [6.07, 6.45) is 7.39. The molecule has 0 atom stereocenters. The van der Waals surface area contributed by atoms with Crippen LogP contribution in [-0.2, 0) is 27.6 Å². The van der Waals surface area contributed by atoms with Gasteiger partial charge in [0.1, 0.15) is 0 Å². The van der Waals surface area contributed by atoms with Crippen LogP contribution < -0.4 is 4.90 Å². The van der Waals surface area contributed by atoms with E-state index in [1.807, 2.05) is 22.9 Å². The van der Waals surface area contributed by atoms with Crippen LogP contribution >= 0.6 is 22.9 Å². The van der Waals surface area contributed by atoms with E-state index in [4.69, 9.17) is 11.6 Å². The normalized spacial score (nSPS) is 11.7. The van der Waals surface area contributed by atoms with Crippen LogP contribution in [0.2, 0.25) is 5.02 Å². The summed E-state index contributed by atoms with van der Waals surface area (Å²) in [4.78, 5) is 23.9. The number of thiazole rings is 1. The van der Waals surface area contributed by atoms with E-state index in [0.29, 0.717) is 16.7 Å². The molecule has 2 aromatic carbocycles. The zero-order valence-electron chi connectivity index (χ0n) is 17.3. The highest BCUT2D eigenvalue weighted by Crippen LogP contribution is 2.31. The lowest BCUT2D eigenvalue weighted by Gasteiger charge is -2.20. The summed E-state index contributed by atoms with van der Waals surface area (Å²) < 4.78 is 26.3. The molecule has 1 amide bonds. The third-order valence-corrected chi connectivity index (χ3v) is 7.34. The summed E-state index contributed by atoms with van der Waals surface area (Å²) in [5, 5.41) is 1.24. The molecule has 0 saturated heterocycles. The molecule has 0 N–H and O–H groups in total. The quantitative estimate of drug-likeness (QED) is 0.371. The summed E-state index contributed by atoms with van der Waals surface area (Å²) in [5.74, 6) is -0.104. The molecule has 0 bridgehead atoms. The number of benzene rings is 2. The molecule has 2 heterocycles. The molecule has 4 rings (SSSR count). The van der Waals surface area contributed by atoms with E-state index in [9.17, 15) is 13.2 Å². The Balaban J connectivity index is 1.56. The first kappa shape index (κ1) is 22.4. The molecule has 0 unspecified atom stereocenters. The fourth-order valence-corrected chi connectivity index (χ4v) is 5.20. The van der Waals surface area contributed by atoms with Crippen molar-refractivity contribution in [2.24, 2.45) is 0 Å². The van der Waals surface area contributed by atoms with Gasteiger partial charge in [-0.15, -0.1) is 0 Å². The lowest BCUT2D eigenvalue weighted by atomic mass is 10.1. The van der Waals surface area contributed by atoms with E-state index in [-0.39, 0.29) is 17.2 Å². The number of halogens is 1. The van der Waals surface area contributed by atoms with Crippen molar-refractivity contribution in [3.8, 4) is 0 Å². The highest BCUT2D eigenvalue weighted by molar-refractivity contribution is 7.90. The van der Waals surface area contributed by atoms with Crippen molar-refractivity contribution in [3.63, 3.8) is 0 Å². The van der Waals surface area contributed by atoms with Gasteiger partial charge in [-0.05, 0) is 42.3 Å². The lowest BCUT2D eigenvalue weighted by molar-refractivity contribution is -0.118. The molecule has 0 radical (unpaired) electrons. The van der Waals surface area contributed by atoms with Gasteiger partial charge in [0.2, 0.25) is 5.91 Å². The molecule has 0 aliphatic carbocycles. The highest BCUT2D eigenvalue weighted by atomic mass is 35.5. The first-order valence-corrected chi connectivity index (χ1v) is 13.0. The molecule has 0 aliphatic rings. The Bertz CT molecular complexity index is 1330. The molecule has 4 aromatic rings. The average molecular weight is 489 g/mol. The average Bonchev–Trinajstić information content (AvgIpc) is 3.40. The number of nitrogens with zero attached hydrogens (tertiary/aromatic N) is 4. The van der Waals surface area contributed by atoms with Crippen LogP contribution in [0.15, 0.2) is 66.1 Å². The minimum atomic E-state index is -3.28. The maximum Gasteiger partial charge on any atom is 0.233 e. The van der Waals surface area contributed by atoms with Crippen LogP contribution in [0, 0.1) is 0 Å². The summed E-state index contributed by atoms with van der Waals surface area (Å²) in [7, 11) is -3.28. The maximum absolute atomic E-state index is 13.3. The minimum Gasteiger partial charge on any atom is -0.337 e. The van der Waals surface area contributed by atoms with E-state index < -0.39 is 9.84 Å². The number of sulfone groups is 1. The van der Waals surface area contributed by atoms with Crippen molar-refractivity contribution in [1.29, 1.82) is 0 Å². The topological polar surface area (TPSA) is 85.2 Å². The van der Waals surface area contributed by atoms with Crippen molar-refractivity contribution in [2.45, 2.75) is 24.3 Å². The van der Waals surface area contributed by atoms with Crippen molar-refractivity contribution >= 4 is 54.0 Å². The van der Waals surface area contributed by atoms with Crippen LogP contribution in [0.3, 0.4) is 0 Å². The number of imidazole rings is 1. The monoisotopic (exact) mass is 488 g/mol. The summed E-state index contributed by atoms with van der Waals surface area (Å²) >= 11 is 7.53. The van der Waals surface area contributed by atoms with Crippen LogP contribution in [-0.4, -0.2) is 41.7 Å². The SMILES string of the molecule is CS(=O)(=O)c1ccc(CC(=O)N(CCCn2ccnc2)c2nc3ccc(Cl)cc3s2)cc1. The van der Waals surface area contributed by atoms with Gasteiger partial charge in [0, 0.05) is 36.8 Å². The first-order chi connectivity index (χ1) is 15.3. The predicted molar refractivity (Wildman–Crippen MR) is 127 cm³/mol. The molecule has 10 heteroatoms. The number of carbonyl (C=O) groups is 1. The van der Waals surface area contributed by atoms with E-state index in [2.05, 4.69) is 9.97 Å². The molecule has 166 valence electrons. The van der Waals surface area contributed by atoms with Gasteiger partial charge >= 0.3 is 0 Å². The van der Waals surface area contributed by atoms with Crippen molar-refractivity contribution in [3.05, 3.63) is 71.8 Å². The summed E-state index contributed by atoms with van der Waals surface area (Å²) in [5.41, 5.74) is 1.53. The molecule has 0 fully saturated rings. The standard InChI is InChI=1S/C22H21ClN4O3S2/c1-32(29,30)18-6-3-16(4-7-18)13-21(28)27(11-2-10-26-12-9-24-15-26)22-25-19-8-5-17(23)14-20(19)31-22/h3-9,12,14-15H,2,10-11,13H2,1H3. The maximum atomic E-state index is 13.3. The van der Waals surface area contributed by atoms with E-state index in [0.717, 1.165) is 35.0 Å². The Morgan fingerprint density at radius 1 is 1.19 bits per heavy atom. The van der Waals surface area contributed by atoms with Crippen molar-refractivity contribution in [2.75, 3.05) is 17.7 Å². The summed E-state index contributed by atoms with van der Waals surface area (Å²) in [6.45, 7) is 1.22. The largest absolute Gasteiger partial charge is 0.337 e. The number of hydrogen-bond donors (Lipinski definition) is 0. The first-order valence-electron chi connectivity index (χ1n) is 9.91. The molecule has 0 spiro atoms. The lowest BCUT2D eigenvalue weighted by Crippen LogP contribution is -2.33. The summed E-state index contributed by atoms with van der Waals surface area (Å²) in [6, 6.07) is 11.9. The zero-order chi connectivity index (χ0) is 22.7. The van der Waals surface area contributed by atoms with Crippen molar-refractivity contribution < 1.29 is 13.2 Å². The van der Waals surface area contributed by atoms with Crippen molar-refractivity contribution in [1.82, 2.24) is 14.5 Å². The smallest absolute Gasteiger partial charge is 0.233 e. The fraction of sp³-hybridized carbons (Fsp3) is 0.227. The number of aromatic nitrogens is 3. The number of fused-ring (bicyclic) bond motifs is 1. The van der Waals surface area contributed by atoms with Gasteiger partial charge in [-0.25, -0.2) is 18.4 Å². The Hall–Kier alpha value is -2.75. The van der Waals surface area contributed by atoms with E-state index in [1.54, 1.807) is 35.6 Å². The van der Waals surface area contributed by atoms with Gasteiger partial charge in [0.25, 0.3) is 0 Å². The van der Waals surface area contributed by atoms with E-state index >= 15 is 0 Å². The second kappa shape index (κ2) is 9.40. The Kier molecular flexibility index (Phi) is 6.59. The fourth-order valence-electron chi connectivity index (χ4n) is 3.28. The molecular formula is C22H21ClN4O3S2. The number of aryl methyl sites for hydroxylation is 1. The van der Waals surface area contributed by atoms with E-state index in [1.165, 1.54) is 23.5 Å². The number of rotatable bonds is 8. The zero-order valence-corrected chi connectivity index (χ0v) is 19.7. The van der Waals surface area contributed by atoms with Crippen LogP contribution in [0.1, 0.15) is 12.0 Å². The van der Waals surface area contributed by atoms with Gasteiger partial charge in [-0.1, -0.05) is 35.1 Å². The molecule has 7 nitrogen and oxygen atoms in total. The van der Waals surface area contributed by atoms with Gasteiger partial charge in [0.15, 0.2) is 15.0 Å². The number of carbonyl (C=O) groups excluding carboxylic acids is 1. The highest BCUT2D eigenvalue weighted by Gasteiger charge is 2.20. The Labute approximate surface area is 195 Å². The molecule has 2 aromatic heterocycles. The molecular weight excluding hydrogens is 468 g/mol. The number of amides is 1. The Morgan fingerprint density at radius 3 is 2.66 bits per heavy atom. The van der Waals surface area contributed by atoms with Gasteiger partial charge in [0.05, 0.1) is 27.9 Å². The van der Waals surface area contributed by atoms with Crippen LogP contribution in [0.4, 0.5) is 5.13 Å². The second-order valence-corrected chi connectivity index (χ2v) is 10.9. The third kappa shape index (κ3) is 5.35. The van der Waals surface area contributed by atoms with Gasteiger partial charge < -0.3 is 4.57 Å². The van der Waals surface area contributed by atoms with Gasteiger partial charge in [-0.2, -0.15) is 0 Å². The van der Waals surface area contributed by atoms with Crippen LogP contribution in [0.5, 0.6) is 0 Å². The molecule has 0 aliphatic heterocycles. The number of hydrogen-bond acceptors (Lipinski definition) is 6. The molecule has 32 heavy (non-hydrogen) atoms. The Morgan fingerprint density at radius 2 is 1.97 bits per heavy atom. The predicted octanol–water partition coefficient (Wildman–Crippen LogP) is 4.22. The van der Waals surface area contributed by atoms with Crippen LogP contribution in [0.25, 0.3) is 10.2 Å². The number of anilines is 1. The van der Waals surface area contributed by atoms with Gasteiger partial charge in [-0.3, -0.25) is 9.69 Å². The second-order valence-electron chi connectivity index (χ2n) is 7.40.